The molecule has 3 N–H and O–H groups in total. The topological polar surface area (TPSA) is 92.5 Å². The number of carbonyl (C=O) groups is 1. The molecule has 0 radical (unpaired) electrons. The van der Waals surface area contributed by atoms with E-state index in [4.69, 9.17) is 5.14 Å². The maximum absolute atomic E-state index is 11.6. The Morgan fingerprint density at radius 1 is 1.28 bits per heavy atom. The van der Waals surface area contributed by atoms with E-state index in [9.17, 15) is 13.2 Å². The molecule has 0 spiro atoms. The first kappa shape index (κ1) is 14.5. The zero-order chi connectivity index (χ0) is 13.9. The number of nitrogens with zero attached hydrogens (tertiary/aromatic N) is 1. The lowest BCUT2D eigenvalue weighted by Crippen LogP contribution is -2.36. The summed E-state index contributed by atoms with van der Waals surface area (Å²) in [7, 11) is -0.338. The molecule has 0 saturated heterocycles. The number of carbonyl (C=O) groups excluding carboxylic acids is 1. The van der Waals surface area contributed by atoms with Gasteiger partial charge in [0.05, 0.1) is 4.90 Å². The Morgan fingerprint density at radius 2 is 1.78 bits per heavy atom. The maximum Gasteiger partial charge on any atom is 0.244 e. The van der Waals surface area contributed by atoms with Gasteiger partial charge in [-0.25, -0.2) is 13.6 Å². The van der Waals surface area contributed by atoms with Gasteiger partial charge in [-0.05, 0) is 31.2 Å². The van der Waals surface area contributed by atoms with E-state index in [1.54, 1.807) is 33.2 Å². The second-order valence-electron chi connectivity index (χ2n) is 4.17. The van der Waals surface area contributed by atoms with E-state index in [2.05, 4.69) is 5.32 Å². The first-order chi connectivity index (χ1) is 8.21. The van der Waals surface area contributed by atoms with Crippen LogP contribution in [0.25, 0.3) is 0 Å². The Morgan fingerprint density at radius 3 is 2.17 bits per heavy atom. The molecule has 1 aromatic carbocycles. The Hall–Kier alpha value is -1.60. The van der Waals surface area contributed by atoms with Gasteiger partial charge in [0.2, 0.25) is 15.9 Å². The van der Waals surface area contributed by atoms with Crippen molar-refractivity contribution in [2.75, 3.05) is 19.4 Å². The quantitative estimate of drug-likeness (QED) is 0.819. The van der Waals surface area contributed by atoms with Crippen LogP contribution in [0, 0.1) is 0 Å². The highest BCUT2D eigenvalue weighted by Gasteiger charge is 2.14. The molecule has 1 unspecified atom stereocenters. The van der Waals surface area contributed by atoms with Crippen LogP contribution in [-0.2, 0) is 14.8 Å². The third-order valence-electron chi connectivity index (χ3n) is 2.38. The molecule has 0 fully saturated rings. The van der Waals surface area contributed by atoms with Gasteiger partial charge < -0.3 is 10.2 Å². The molecule has 1 aromatic rings. The van der Waals surface area contributed by atoms with E-state index in [1.807, 2.05) is 0 Å². The molecule has 100 valence electrons. The molecular formula is C11H17N3O3S. The molecule has 0 saturated carbocycles. The fraction of sp³-hybridized carbons (Fsp3) is 0.364. The first-order valence-electron chi connectivity index (χ1n) is 5.32. The summed E-state index contributed by atoms with van der Waals surface area (Å²) < 4.78 is 22.1. The van der Waals surface area contributed by atoms with Crippen molar-refractivity contribution in [3.8, 4) is 0 Å². The number of nitrogens with two attached hydrogens (primary N) is 1. The Labute approximate surface area is 107 Å². The normalized spacial score (nSPS) is 12.9. The predicted octanol–water partition coefficient (Wildman–Crippen LogP) is 0.223. The number of benzene rings is 1. The third kappa shape index (κ3) is 3.71. The predicted molar refractivity (Wildman–Crippen MR) is 69.6 cm³/mol. The lowest BCUT2D eigenvalue weighted by atomic mass is 10.2. The highest BCUT2D eigenvalue weighted by atomic mass is 32.2. The Bertz CT molecular complexity index is 523. The number of primary sulfonamides is 1. The minimum Gasteiger partial charge on any atom is -0.374 e. The second kappa shape index (κ2) is 5.36. The molecule has 1 amide bonds. The van der Waals surface area contributed by atoms with E-state index in [1.165, 1.54) is 17.0 Å². The molecule has 0 bridgehead atoms. The van der Waals surface area contributed by atoms with Crippen molar-refractivity contribution in [2.45, 2.75) is 17.9 Å². The lowest BCUT2D eigenvalue weighted by Gasteiger charge is -2.19. The fourth-order valence-electron chi connectivity index (χ4n) is 1.44. The zero-order valence-corrected chi connectivity index (χ0v) is 11.4. The standard InChI is InChI=1S/C11H17N3O3S/c1-8(11(15)14(2)3)13-9-4-6-10(7-5-9)18(12,16)17/h4-8,13H,1-3H3,(H2,12,16,17). The van der Waals surface area contributed by atoms with Gasteiger partial charge in [-0.1, -0.05) is 0 Å². The minimum absolute atomic E-state index is 0.0413. The van der Waals surface area contributed by atoms with E-state index >= 15 is 0 Å². The molecule has 18 heavy (non-hydrogen) atoms. The molecule has 6 nitrogen and oxygen atoms in total. The SMILES string of the molecule is CC(Nc1ccc(S(N)(=O)=O)cc1)C(=O)N(C)C. The van der Waals surface area contributed by atoms with Gasteiger partial charge in [-0.15, -0.1) is 0 Å². The second-order valence-corrected chi connectivity index (χ2v) is 5.73. The molecule has 0 aliphatic heterocycles. The van der Waals surface area contributed by atoms with Crippen molar-refractivity contribution in [2.24, 2.45) is 5.14 Å². The van der Waals surface area contributed by atoms with Crippen molar-refractivity contribution in [3.63, 3.8) is 0 Å². The van der Waals surface area contributed by atoms with E-state index < -0.39 is 10.0 Å². The van der Waals surface area contributed by atoms with Crippen LogP contribution in [0.4, 0.5) is 5.69 Å². The maximum atomic E-state index is 11.6. The van der Waals surface area contributed by atoms with Gasteiger partial charge in [-0.3, -0.25) is 4.79 Å². The molecule has 7 heteroatoms. The summed E-state index contributed by atoms with van der Waals surface area (Å²) in [6.07, 6.45) is 0. The fourth-order valence-corrected chi connectivity index (χ4v) is 1.96. The number of amides is 1. The van der Waals surface area contributed by atoms with Crippen LogP contribution in [0.2, 0.25) is 0 Å². The summed E-state index contributed by atoms with van der Waals surface area (Å²) in [5, 5.41) is 7.96. The van der Waals surface area contributed by atoms with Gasteiger partial charge in [0, 0.05) is 19.8 Å². The van der Waals surface area contributed by atoms with Crippen LogP contribution < -0.4 is 10.5 Å². The average Bonchev–Trinajstić information content (AvgIpc) is 2.27. The van der Waals surface area contributed by atoms with Crippen LogP contribution in [0.5, 0.6) is 0 Å². The Balaban J connectivity index is 2.79. The number of likely N-dealkylation sites (N-methyl/N-ethyl adjacent to an activating group) is 1. The number of nitrogens with one attached hydrogen (secondary N) is 1. The van der Waals surface area contributed by atoms with Crippen molar-refractivity contribution in [3.05, 3.63) is 24.3 Å². The monoisotopic (exact) mass is 271 g/mol. The number of hydrogen-bond acceptors (Lipinski definition) is 4. The molecule has 1 rings (SSSR count). The van der Waals surface area contributed by atoms with Crippen LogP contribution in [0.15, 0.2) is 29.2 Å². The summed E-state index contributed by atoms with van der Waals surface area (Å²) in [5.41, 5.74) is 0.658. The molecule has 0 aliphatic rings. The van der Waals surface area contributed by atoms with Crippen LogP contribution in [0.3, 0.4) is 0 Å². The third-order valence-corrected chi connectivity index (χ3v) is 3.31. The van der Waals surface area contributed by atoms with Crippen molar-refractivity contribution in [1.82, 2.24) is 4.90 Å². The number of rotatable bonds is 4. The van der Waals surface area contributed by atoms with Crippen molar-refractivity contribution < 1.29 is 13.2 Å². The van der Waals surface area contributed by atoms with Gasteiger partial charge >= 0.3 is 0 Å². The van der Waals surface area contributed by atoms with Gasteiger partial charge in [0.15, 0.2) is 0 Å². The van der Waals surface area contributed by atoms with Gasteiger partial charge in [-0.2, -0.15) is 0 Å². The summed E-state index contributed by atoms with van der Waals surface area (Å²) in [4.78, 5) is 13.1. The van der Waals surface area contributed by atoms with E-state index in [0.717, 1.165) is 0 Å². The highest BCUT2D eigenvalue weighted by molar-refractivity contribution is 7.89. The number of sulfonamides is 1. The summed E-state index contributed by atoms with van der Waals surface area (Å²) in [6, 6.07) is 5.54. The van der Waals surface area contributed by atoms with Crippen LogP contribution in [0.1, 0.15) is 6.92 Å². The van der Waals surface area contributed by atoms with Crippen molar-refractivity contribution in [1.29, 1.82) is 0 Å². The number of anilines is 1. The molecular weight excluding hydrogens is 254 g/mol. The summed E-state index contributed by atoms with van der Waals surface area (Å²) >= 11 is 0. The largest absolute Gasteiger partial charge is 0.374 e. The lowest BCUT2D eigenvalue weighted by molar-refractivity contribution is -0.129. The van der Waals surface area contributed by atoms with Crippen molar-refractivity contribution >= 4 is 21.6 Å². The van der Waals surface area contributed by atoms with Gasteiger partial charge in [0.1, 0.15) is 6.04 Å². The smallest absolute Gasteiger partial charge is 0.244 e. The molecule has 0 aliphatic carbocycles. The number of hydrogen-bond donors (Lipinski definition) is 2. The first-order valence-corrected chi connectivity index (χ1v) is 6.87. The average molecular weight is 271 g/mol. The zero-order valence-electron chi connectivity index (χ0n) is 10.5. The van der Waals surface area contributed by atoms with Gasteiger partial charge in [0.25, 0.3) is 0 Å². The van der Waals surface area contributed by atoms with E-state index in [0.29, 0.717) is 5.69 Å². The summed E-state index contributed by atoms with van der Waals surface area (Å²) in [5.74, 6) is -0.0643. The highest BCUT2D eigenvalue weighted by Crippen LogP contribution is 2.13. The molecule has 0 aromatic heterocycles. The van der Waals surface area contributed by atoms with Crippen LogP contribution in [-0.4, -0.2) is 39.4 Å². The molecule has 1 atom stereocenters. The summed E-state index contributed by atoms with van der Waals surface area (Å²) in [6.45, 7) is 1.73. The van der Waals surface area contributed by atoms with E-state index in [-0.39, 0.29) is 16.8 Å². The van der Waals surface area contributed by atoms with Crippen LogP contribution >= 0.6 is 0 Å². The Kier molecular flexibility index (Phi) is 4.31. The minimum atomic E-state index is -3.68. The molecule has 0 heterocycles.